The fourth-order valence-corrected chi connectivity index (χ4v) is 2.60. The average Bonchev–Trinajstić information content (AvgIpc) is 2.37. The summed E-state index contributed by atoms with van der Waals surface area (Å²) >= 11 is 5.33. The summed E-state index contributed by atoms with van der Waals surface area (Å²) in [5, 5.41) is 0. The number of esters is 1. The Morgan fingerprint density at radius 3 is 2.42 bits per heavy atom. The van der Waals surface area contributed by atoms with Crippen molar-refractivity contribution in [2.45, 2.75) is 24.3 Å². The van der Waals surface area contributed by atoms with E-state index in [1.807, 2.05) is 0 Å². The Morgan fingerprint density at radius 2 is 1.89 bits per heavy atom. The van der Waals surface area contributed by atoms with Crippen molar-refractivity contribution in [2.75, 3.05) is 12.4 Å². The number of sulfonamides is 1. The van der Waals surface area contributed by atoms with Gasteiger partial charge in [-0.3, -0.25) is 4.79 Å². The highest BCUT2D eigenvalue weighted by Gasteiger charge is 2.25. The zero-order valence-corrected chi connectivity index (χ0v) is 12.3. The van der Waals surface area contributed by atoms with Gasteiger partial charge in [0.15, 0.2) is 0 Å². The predicted octanol–water partition coefficient (Wildman–Crippen LogP) is 1.53. The third-order valence-corrected chi connectivity index (χ3v) is 3.88. The smallest absolute Gasteiger partial charge is 0.321 e. The van der Waals surface area contributed by atoms with Crippen LogP contribution in [0, 0.1) is 0 Å². The van der Waals surface area contributed by atoms with Crippen LogP contribution in [0.2, 0.25) is 0 Å². The number of ether oxygens (including phenoxy) is 1. The van der Waals surface area contributed by atoms with Gasteiger partial charge in [0.2, 0.25) is 10.0 Å². The van der Waals surface area contributed by atoms with E-state index in [0.29, 0.717) is 0 Å². The Morgan fingerprint density at radius 1 is 1.32 bits per heavy atom. The SMILES string of the molecule is CC(C)(CNS(=O)(=O)c1ccccc1)OC(=O)CCl. The second kappa shape index (κ2) is 6.36. The lowest BCUT2D eigenvalue weighted by atomic mass is 10.1. The van der Waals surface area contributed by atoms with Crippen molar-refractivity contribution in [3.8, 4) is 0 Å². The molecule has 0 unspecified atom stereocenters. The number of carbonyl (C=O) groups excluding carboxylic acids is 1. The normalized spacial score (nSPS) is 12.2. The number of hydrogen-bond donors (Lipinski definition) is 1. The molecule has 7 heteroatoms. The van der Waals surface area contributed by atoms with Gasteiger partial charge in [-0.15, -0.1) is 11.6 Å². The summed E-state index contributed by atoms with van der Waals surface area (Å²) in [6, 6.07) is 7.96. The van der Waals surface area contributed by atoms with Crippen molar-refractivity contribution in [3.63, 3.8) is 0 Å². The molecule has 1 N–H and O–H groups in total. The van der Waals surface area contributed by atoms with Crippen LogP contribution in [0.4, 0.5) is 0 Å². The quantitative estimate of drug-likeness (QED) is 0.639. The Balaban J connectivity index is 2.68. The molecule has 0 amide bonds. The minimum Gasteiger partial charge on any atom is -0.457 e. The molecular weight excluding hydrogens is 290 g/mol. The Labute approximate surface area is 118 Å². The van der Waals surface area contributed by atoms with E-state index in [-0.39, 0.29) is 17.3 Å². The van der Waals surface area contributed by atoms with Crippen LogP contribution >= 0.6 is 11.6 Å². The Bertz CT molecular complexity index is 528. The first-order valence-corrected chi connectivity index (χ1v) is 7.61. The van der Waals surface area contributed by atoms with E-state index in [1.54, 1.807) is 32.0 Å². The molecule has 0 aliphatic rings. The number of benzene rings is 1. The predicted molar refractivity (Wildman–Crippen MR) is 72.5 cm³/mol. The third kappa shape index (κ3) is 5.18. The van der Waals surface area contributed by atoms with Crippen LogP contribution in [-0.4, -0.2) is 32.4 Å². The summed E-state index contributed by atoms with van der Waals surface area (Å²) < 4.78 is 31.3. The zero-order chi connectivity index (χ0) is 14.5. The molecule has 0 atom stereocenters. The summed E-state index contributed by atoms with van der Waals surface area (Å²) in [4.78, 5) is 11.3. The number of nitrogens with one attached hydrogen (secondary N) is 1. The van der Waals surface area contributed by atoms with Crippen molar-refractivity contribution in [1.29, 1.82) is 0 Å². The maximum atomic E-state index is 12.0. The zero-order valence-electron chi connectivity index (χ0n) is 10.7. The van der Waals surface area contributed by atoms with Crippen LogP contribution in [0.15, 0.2) is 35.2 Å². The average molecular weight is 306 g/mol. The summed E-state index contributed by atoms with van der Waals surface area (Å²) in [5.41, 5.74) is -0.964. The van der Waals surface area contributed by atoms with E-state index < -0.39 is 21.6 Å². The number of alkyl halides is 1. The first kappa shape index (κ1) is 15.9. The van der Waals surface area contributed by atoms with Crippen LogP contribution in [0.1, 0.15) is 13.8 Å². The van der Waals surface area contributed by atoms with E-state index >= 15 is 0 Å². The Kier molecular flexibility index (Phi) is 5.34. The van der Waals surface area contributed by atoms with Gasteiger partial charge in [-0.2, -0.15) is 0 Å². The second-order valence-corrected chi connectivity index (χ2v) is 6.54. The molecule has 19 heavy (non-hydrogen) atoms. The van der Waals surface area contributed by atoms with Gasteiger partial charge in [0.05, 0.1) is 11.4 Å². The lowest BCUT2D eigenvalue weighted by Gasteiger charge is -2.24. The lowest BCUT2D eigenvalue weighted by molar-refractivity contribution is -0.152. The molecule has 0 saturated carbocycles. The molecule has 1 aromatic carbocycles. The van der Waals surface area contributed by atoms with Crippen molar-refractivity contribution in [1.82, 2.24) is 4.72 Å². The van der Waals surface area contributed by atoms with Crippen molar-refractivity contribution >= 4 is 27.6 Å². The molecule has 0 radical (unpaired) electrons. The first-order valence-electron chi connectivity index (χ1n) is 5.59. The first-order chi connectivity index (χ1) is 8.77. The van der Waals surface area contributed by atoms with Gasteiger partial charge in [0.1, 0.15) is 11.5 Å². The molecular formula is C12H16ClNO4S. The van der Waals surface area contributed by atoms with Crippen LogP contribution in [0.25, 0.3) is 0 Å². The van der Waals surface area contributed by atoms with E-state index in [2.05, 4.69) is 4.72 Å². The van der Waals surface area contributed by atoms with Gasteiger partial charge in [-0.05, 0) is 26.0 Å². The van der Waals surface area contributed by atoms with Crippen molar-refractivity contribution < 1.29 is 17.9 Å². The minimum absolute atomic E-state index is 0.0349. The number of hydrogen-bond acceptors (Lipinski definition) is 4. The van der Waals surface area contributed by atoms with Crippen LogP contribution in [0.3, 0.4) is 0 Å². The molecule has 1 rings (SSSR count). The topological polar surface area (TPSA) is 72.5 Å². The highest BCUT2D eigenvalue weighted by molar-refractivity contribution is 7.89. The van der Waals surface area contributed by atoms with Gasteiger partial charge in [-0.25, -0.2) is 13.1 Å². The molecule has 106 valence electrons. The third-order valence-electron chi connectivity index (χ3n) is 2.24. The maximum Gasteiger partial charge on any atom is 0.321 e. The molecule has 0 aromatic heterocycles. The number of rotatable bonds is 6. The van der Waals surface area contributed by atoms with Crippen LogP contribution in [0.5, 0.6) is 0 Å². The largest absolute Gasteiger partial charge is 0.457 e. The molecule has 0 spiro atoms. The molecule has 5 nitrogen and oxygen atoms in total. The summed E-state index contributed by atoms with van der Waals surface area (Å²) in [6.45, 7) is 3.17. The molecule has 0 fully saturated rings. The van der Waals surface area contributed by atoms with E-state index in [4.69, 9.17) is 16.3 Å². The van der Waals surface area contributed by atoms with Gasteiger partial charge >= 0.3 is 5.97 Å². The van der Waals surface area contributed by atoms with Gasteiger partial charge in [0, 0.05) is 0 Å². The summed E-state index contributed by atoms with van der Waals surface area (Å²) in [5.74, 6) is -0.861. The Hall–Kier alpha value is -1.11. The van der Waals surface area contributed by atoms with E-state index in [9.17, 15) is 13.2 Å². The summed E-state index contributed by atoms with van der Waals surface area (Å²) in [6.07, 6.45) is 0. The highest BCUT2D eigenvalue weighted by atomic mass is 35.5. The van der Waals surface area contributed by atoms with Crippen LogP contribution < -0.4 is 4.72 Å². The molecule has 1 aromatic rings. The molecule has 0 bridgehead atoms. The molecule has 0 aliphatic heterocycles. The van der Waals surface area contributed by atoms with Crippen LogP contribution in [-0.2, 0) is 19.6 Å². The summed E-state index contributed by atoms with van der Waals surface area (Å²) in [7, 11) is -3.61. The lowest BCUT2D eigenvalue weighted by Crippen LogP contribution is -2.42. The number of halogens is 1. The van der Waals surface area contributed by atoms with Gasteiger partial charge in [0.25, 0.3) is 0 Å². The fraction of sp³-hybridized carbons (Fsp3) is 0.417. The van der Waals surface area contributed by atoms with Crippen molar-refractivity contribution in [3.05, 3.63) is 30.3 Å². The highest BCUT2D eigenvalue weighted by Crippen LogP contribution is 2.12. The second-order valence-electron chi connectivity index (χ2n) is 4.50. The standard InChI is InChI=1S/C12H16ClNO4S/c1-12(2,18-11(15)8-13)9-14-19(16,17)10-6-4-3-5-7-10/h3-7,14H,8-9H2,1-2H3. The van der Waals surface area contributed by atoms with E-state index in [0.717, 1.165) is 0 Å². The van der Waals surface area contributed by atoms with Gasteiger partial charge < -0.3 is 4.74 Å². The molecule has 0 saturated heterocycles. The minimum atomic E-state index is -3.61. The van der Waals surface area contributed by atoms with Crippen molar-refractivity contribution in [2.24, 2.45) is 0 Å². The maximum absolute atomic E-state index is 12.0. The van der Waals surface area contributed by atoms with E-state index in [1.165, 1.54) is 12.1 Å². The van der Waals surface area contributed by atoms with Gasteiger partial charge in [-0.1, -0.05) is 18.2 Å². The fourth-order valence-electron chi connectivity index (χ4n) is 1.32. The number of carbonyl (C=O) groups is 1. The molecule has 0 aliphatic carbocycles. The monoisotopic (exact) mass is 305 g/mol. The molecule has 0 heterocycles.